The number of aromatic nitrogens is 1. The Kier molecular flexibility index (Phi) is 4.33. The van der Waals surface area contributed by atoms with E-state index in [1.54, 1.807) is 6.20 Å². The van der Waals surface area contributed by atoms with Gasteiger partial charge >= 0.3 is 0 Å². The largest absolute Gasteiger partial charge is 0.384 e. The Hall–Kier alpha value is -1.39. The molecule has 4 heteroatoms. The molecule has 2 aromatic rings. The van der Waals surface area contributed by atoms with Crippen LogP contribution in [0.25, 0.3) is 0 Å². The lowest BCUT2D eigenvalue weighted by Gasteiger charge is -2.24. The molecule has 0 bridgehead atoms. The van der Waals surface area contributed by atoms with Crippen molar-refractivity contribution >= 4 is 17.2 Å². The van der Waals surface area contributed by atoms with E-state index in [1.165, 1.54) is 10.4 Å². The van der Waals surface area contributed by atoms with Crippen LogP contribution in [0.3, 0.4) is 0 Å². The Balaban J connectivity index is 1.93. The first-order valence-electron chi connectivity index (χ1n) is 6.08. The minimum atomic E-state index is 0.512. The van der Waals surface area contributed by atoms with Gasteiger partial charge in [0.05, 0.1) is 0 Å². The molecule has 1 atom stereocenters. The van der Waals surface area contributed by atoms with E-state index >= 15 is 0 Å². The van der Waals surface area contributed by atoms with Gasteiger partial charge in [0.1, 0.15) is 5.82 Å². The van der Waals surface area contributed by atoms with Gasteiger partial charge in [-0.15, -0.1) is 11.3 Å². The van der Waals surface area contributed by atoms with Gasteiger partial charge in [0.25, 0.3) is 0 Å². The predicted octanol–water partition coefficient (Wildman–Crippen LogP) is 2.79. The van der Waals surface area contributed by atoms with Crippen LogP contribution < -0.4 is 5.73 Å². The highest BCUT2D eigenvalue weighted by Gasteiger charge is 2.11. The maximum absolute atomic E-state index is 5.69. The van der Waals surface area contributed by atoms with Gasteiger partial charge in [0.2, 0.25) is 0 Å². The molecule has 2 rings (SSSR count). The number of nitrogens with zero attached hydrogens (tertiary/aromatic N) is 2. The summed E-state index contributed by atoms with van der Waals surface area (Å²) in [5.41, 5.74) is 6.90. The average Bonchev–Trinajstić information content (AvgIpc) is 2.81. The van der Waals surface area contributed by atoms with Crippen LogP contribution in [0.5, 0.6) is 0 Å². The van der Waals surface area contributed by atoms with E-state index in [1.807, 2.05) is 23.5 Å². The molecule has 3 nitrogen and oxygen atoms in total. The lowest BCUT2D eigenvalue weighted by molar-refractivity contribution is 0.249. The zero-order chi connectivity index (χ0) is 13.0. The summed E-state index contributed by atoms with van der Waals surface area (Å²) in [6, 6.07) is 8.77. The fourth-order valence-electron chi connectivity index (χ4n) is 1.91. The quantitative estimate of drug-likeness (QED) is 0.900. The predicted molar refractivity (Wildman–Crippen MR) is 77.6 cm³/mol. The van der Waals surface area contributed by atoms with E-state index in [0.717, 1.165) is 13.0 Å². The normalized spacial score (nSPS) is 12.8. The molecule has 18 heavy (non-hydrogen) atoms. The first kappa shape index (κ1) is 13.1. The first-order valence-corrected chi connectivity index (χ1v) is 6.96. The van der Waals surface area contributed by atoms with Gasteiger partial charge in [0.15, 0.2) is 0 Å². The molecule has 0 spiro atoms. The van der Waals surface area contributed by atoms with Crippen molar-refractivity contribution < 1.29 is 0 Å². The van der Waals surface area contributed by atoms with Crippen molar-refractivity contribution in [3.8, 4) is 0 Å². The third-order valence-electron chi connectivity index (χ3n) is 3.11. The molecular weight excluding hydrogens is 242 g/mol. The fraction of sp³-hybridized carbons (Fsp3) is 0.357. The Morgan fingerprint density at radius 1 is 1.44 bits per heavy atom. The Labute approximate surface area is 112 Å². The van der Waals surface area contributed by atoms with Gasteiger partial charge in [-0.25, -0.2) is 4.98 Å². The number of thiophene rings is 1. The van der Waals surface area contributed by atoms with E-state index in [9.17, 15) is 0 Å². The minimum Gasteiger partial charge on any atom is -0.384 e. The number of likely N-dealkylation sites (N-methyl/N-ethyl adjacent to an activating group) is 1. The summed E-state index contributed by atoms with van der Waals surface area (Å²) in [4.78, 5) is 7.79. The molecule has 96 valence electrons. The summed E-state index contributed by atoms with van der Waals surface area (Å²) >= 11 is 1.82. The van der Waals surface area contributed by atoms with Crippen molar-refractivity contribution in [1.29, 1.82) is 0 Å². The van der Waals surface area contributed by atoms with E-state index in [-0.39, 0.29) is 0 Å². The third kappa shape index (κ3) is 3.55. The van der Waals surface area contributed by atoms with Gasteiger partial charge in [-0.3, -0.25) is 4.90 Å². The molecule has 2 heterocycles. The molecule has 2 aromatic heterocycles. The van der Waals surface area contributed by atoms with Crippen LogP contribution in [-0.4, -0.2) is 23.0 Å². The topological polar surface area (TPSA) is 42.2 Å². The second-order valence-electron chi connectivity index (χ2n) is 4.64. The first-order chi connectivity index (χ1) is 8.65. The molecule has 0 saturated carbocycles. The number of rotatable bonds is 5. The van der Waals surface area contributed by atoms with Crippen molar-refractivity contribution in [3.63, 3.8) is 0 Å². The summed E-state index contributed by atoms with van der Waals surface area (Å²) in [6.07, 6.45) is 2.86. The second-order valence-corrected chi connectivity index (χ2v) is 5.67. The molecule has 2 N–H and O–H groups in total. The fourth-order valence-corrected chi connectivity index (χ4v) is 2.74. The summed E-state index contributed by atoms with van der Waals surface area (Å²) < 4.78 is 0. The molecule has 0 aliphatic rings. The lowest BCUT2D eigenvalue weighted by atomic mass is 10.1. The highest BCUT2D eigenvalue weighted by Crippen LogP contribution is 2.15. The summed E-state index contributed by atoms with van der Waals surface area (Å²) in [5, 5.41) is 2.13. The molecule has 0 saturated heterocycles. The Bertz CT molecular complexity index is 482. The molecule has 0 aliphatic heterocycles. The van der Waals surface area contributed by atoms with Gasteiger partial charge in [-0.1, -0.05) is 6.07 Å². The number of hydrogen-bond acceptors (Lipinski definition) is 4. The zero-order valence-corrected chi connectivity index (χ0v) is 11.7. The number of nitrogens with two attached hydrogens (primary N) is 1. The van der Waals surface area contributed by atoms with Gasteiger partial charge < -0.3 is 5.73 Å². The smallest absolute Gasteiger partial charge is 0.123 e. The highest BCUT2D eigenvalue weighted by molar-refractivity contribution is 7.09. The van der Waals surface area contributed by atoms with Crippen LogP contribution in [0.2, 0.25) is 0 Å². The van der Waals surface area contributed by atoms with Crippen LogP contribution in [0, 0.1) is 0 Å². The maximum Gasteiger partial charge on any atom is 0.123 e. The van der Waals surface area contributed by atoms with Crippen molar-refractivity contribution in [2.45, 2.75) is 25.9 Å². The number of pyridine rings is 1. The number of anilines is 1. The van der Waals surface area contributed by atoms with Gasteiger partial charge in [-0.2, -0.15) is 0 Å². The number of nitrogen functional groups attached to an aromatic ring is 1. The highest BCUT2D eigenvalue weighted by atomic mass is 32.1. The minimum absolute atomic E-state index is 0.512. The van der Waals surface area contributed by atoms with Crippen LogP contribution >= 0.6 is 11.3 Å². The van der Waals surface area contributed by atoms with Crippen molar-refractivity contribution in [2.24, 2.45) is 0 Å². The monoisotopic (exact) mass is 261 g/mol. The van der Waals surface area contributed by atoms with E-state index in [4.69, 9.17) is 5.73 Å². The van der Waals surface area contributed by atoms with Crippen LogP contribution in [0.1, 0.15) is 17.4 Å². The molecular formula is C14H19N3S. The molecule has 0 fully saturated rings. The van der Waals surface area contributed by atoms with Crippen molar-refractivity contribution in [1.82, 2.24) is 9.88 Å². The third-order valence-corrected chi connectivity index (χ3v) is 4.01. The second kappa shape index (κ2) is 5.98. The standard InChI is InChI=1S/C14H19N3S/c1-11(8-13-4-3-7-18-13)17(2)10-12-5-6-16-14(15)9-12/h3-7,9,11H,8,10H2,1-2H3,(H2,15,16). The number of hydrogen-bond donors (Lipinski definition) is 1. The molecule has 0 radical (unpaired) electrons. The molecule has 0 aromatic carbocycles. The zero-order valence-electron chi connectivity index (χ0n) is 10.8. The lowest BCUT2D eigenvalue weighted by Crippen LogP contribution is -2.30. The van der Waals surface area contributed by atoms with Crippen LogP contribution in [-0.2, 0) is 13.0 Å². The van der Waals surface area contributed by atoms with Gasteiger partial charge in [0, 0.05) is 23.7 Å². The van der Waals surface area contributed by atoms with Crippen molar-refractivity contribution in [2.75, 3.05) is 12.8 Å². The van der Waals surface area contributed by atoms with Gasteiger partial charge in [-0.05, 0) is 49.5 Å². The summed E-state index contributed by atoms with van der Waals surface area (Å²) in [5.74, 6) is 0.590. The summed E-state index contributed by atoms with van der Waals surface area (Å²) in [7, 11) is 2.15. The van der Waals surface area contributed by atoms with E-state index in [2.05, 4.69) is 41.4 Å². The average molecular weight is 261 g/mol. The van der Waals surface area contributed by atoms with Crippen LogP contribution in [0.15, 0.2) is 35.8 Å². The Morgan fingerprint density at radius 3 is 2.94 bits per heavy atom. The SMILES string of the molecule is CC(Cc1cccs1)N(C)Cc1ccnc(N)c1. The van der Waals surface area contributed by atoms with Crippen molar-refractivity contribution in [3.05, 3.63) is 46.3 Å². The van der Waals surface area contributed by atoms with Crippen LogP contribution in [0.4, 0.5) is 5.82 Å². The molecule has 1 unspecified atom stereocenters. The Morgan fingerprint density at radius 2 is 2.28 bits per heavy atom. The van der Waals surface area contributed by atoms with E-state index in [0.29, 0.717) is 11.9 Å². The summed E-state index contributed by atoms with van der Waals surface area (Å²) in [6.45, 7) is 3.16. The molecule has 0 aliphatic carbocycles. The molecule has 0 amide bonds. The van der Waals surface area contributed by atoms with E-state index < -0.39 is 0 Å². The maximum atomic E-state index is 5.69.